The lowest BCUT2D eigenvalue weighted by molar-refractivity contribution is -0.142. The van der Waals surface area contributed by atoms with Gasteiger partial charge in [0.2, 0.25) is 11.8 Å². The van der Waals surface area contributed by atoms with Crippen LogP contribution < -0.4 is 14.8 Å². The van der Waals surface area contributed by atoms with Gasteiger partial charge in [-0.3, -0.25) is 9.59 Å². The fourth-order valence-electron chi connectivity index (χ4n) is 4.89. The van der Waals surface area contributed by atoms with E-state index in [1.54, 1.807) is 25.1 Å². The highest BCUT2D eigenvalue weighted by Gasteiger charge is 2.51. The van der Waals surface area contributed by atoms with Crippen LogP contribution in [0.5, 0.6) is 11.5 Å². The van der Waals surface area contributed by atoms with Gasteiger partial charge < -0.3 is 44.5 Å². The molecule has 1 heterocycles. The van der Waals surface area contributed by atoms with Crippen LogP contribution in [0.1, 0.15) is 44.2 Å². The van der Waals surface area contributed by atoms with Crippen molar-refractivity contribution in [2.24, 2.45) is 0 Å². The Labute approximate surface area is 223 Å². The molecule has 0 aromatic heterocycles. The molecule has 3 rings (SSSR count). The topological polar surface area (TPSA) is 147 Å². The maximum atomic E-state index is 13.3. The minimum absolute atomic E-state index is 0.0357. The summed E-state index contributed by atoms with van der Waals surface area (Å²) in [5, 5.41) is 33.3. The maximum Gasteiger partial charge on any atom is 0.249 e. The highest BCUT2D eigenvalue weighted by molar-refractivity contribution is 5.96. The Morgan fingerprint density at radius 1 is 1.24 bits per heavy atom. The summed E-state index contributed by atoms with van der Waals surface area (Å²) >= 11 is 0. The van der Waals surface area contributed by atoms with Gasteiger partial charge in [0.05, 0.1) is 38.4 Å². The summed E-state index contributed by atoms with van der Waals surface area (Å²) in [6, 6.07) is 2.49. The van der Waals surface area contributed by atoms with E-state index in [2.05, 4.69) is 5.32 Å². The van der Waals surface area contributed by atoms with Crippen molar-refractivity contribution in [2.75, 3.05) is 46.6 Å². The van der Waals surface area contributed by atoms with E-state index < -0.39 is 30.1 Å². The minimum Gasteiger partial charge on any atom is -0.493 e. The van der Waals surface area contributed by atoms with Crippen LogP contribution in [0, 0.1) is 0 Å². The molecule has 1 aliphatic carbocycles. The lowest BCUT2D eigenvalue weighted by Crippen LogP contribution is -2.56. The van der Waals surface area contributed by atoms with E-state index in [0.29, 0.717) is 47.8 Å². The Bertz CT molecular complexity index is 997. The first-order chi connectivity index (χ1) is 18.3. The van der Waals surface area contributed by atoms with Crippen LogP contribution in [0.4, 0.5) is 0 Å². The molecule has 1 aromatic rings. The van der Waals surface area contributed by atoms with Gasteiger partial charge >= 0.3 is 0 Å². The molecular formula is C27H40N2O9. The Morgan fingerprint density at radius 2 is 2.00 bits per heavy atom. The van der Waals surface area contributed by atoms with E-state index in [-0.39, 0.29) is 44.9 Å². The van der Waals surface area contributed by atoms with Crippen LogP contribution in [0.2, 0.25) is 0 Å². The van der Waals surface area contributed by atoms with Crippen molar-refractivity contribution in [3.63, 3.8) is 0 Å². The molecule has 0 bridgehead atoms. The van der Waals surface area contributed by atoms with E-state index in [9.17, 15) is 24.9 Å². The second-order valence-corrected chi connectivity index (χ2v) is 9.51. The van der Waals surface area contributed by atoms with Crippen molar-refractivity contribution >= 4 is 11.8 Å². The molecule has 1 aromatic carbocycles. The average molecular weight is 537 g/mol. The standard InChI is InChI=1S/C27H40N2O9/c1-5-36-15-22(32)29(8-6-10-37-16(2)3)20-13-19(27(34)28-7-9-30)23-18-11-17(14-31)12-21(35-4)25(18)38-26(23)24(20)33/h11-13,16,20,23-24,26,30-31,33H,5-10,14-15H2,1-4H3,(H,28,34)/t20-,23+,24+,26+/m1/s1. The first-order valence-corrected chi connectivity index (χ1v) is 13.0. The van der Waals surface area contributed by atoms with Crippen LogP contribution in [0.25, 0.3) is 0 Å². The van der Waals surface area contributed by atoms with Gasteiger partial charge in [0.1, 0.15) is 18.8 Å². The van der Waals surface area contributed by atoms with Gasteiger partial charge in [0.25, 0.3) is 0 Å². The Kier molecular flexibility index (Phi) is 10.9. The zero-order chi connectivity index (χ0) is 27.8. The van der Waals surface area contributed by atoms with Gasteiger partial charge in [0, 0.05) is 37.4 Å². The number of rotatable bonds is 14. The molecule has 4 N–H and O–H groups in total. The second-order valence-electron chi connectivity index (χ2n) is 9.51. The van der Waals surface area contributed by atoms with Crippen molar-refractivity contribution < 1.29 is 43.9 Å². The number of nitrogens with zero attached hydrogens (tertiary/aromatic N) is 1. The zero-order valence-electron chi connectivity index (χ0n) is 22.5. The molecule has 212 valence electrons. The van der Waals surface area contributed by atoms with Gasteiger partial charge in [-0.05, 0) is 51.0 Å². The van der Waals surface area contributed by atoms with Crippen LogP contribution in [-0.4, -0.2) is 103 Å². The highest BCUT2D eigenvalue weighted by atomic mass is 16.5. The number of hydrogen-bond acceptors (Lipinski definition) is 9. The third-order valence-corrected chi connectivity index (χ3v) is 6.60. The van der Waals surface area contributed by atoms with Crippen molar-refractivity contribution in [1.82, 2.24) is 10.2 Å². The average Bonchev–Trinajstić information content (AvgIpc) is 3.30. The number of nitrogens with one attached hydrogen (secondary N) is 1. The minimum atomic E-state index is -1.18. The van der Waals surface area contributed by atoms with Gasteiger partial charge in [0.15, 0.2) is 11.5 Å². The summed E-state index contributed by atoms with van der Waals surface area (Å²) < 4.78 is 22.7. The number of amides is 2. The summed E-state index contributed by atoms with van der Waals surface area (Å²) in [6.45, 7) is 6.04. The quantitative estimate of drug-likeness (QED) is 0.250. The first kappa shape index (κ1) is 29.9. The molecule has 0 radical (unpaired) electrons. The highest BCUT2D eigenvalue weighted by Crippen LogP contribution is 2.51. The van der Waals surface area contributed by atoms with Gasteiger partial charge in [-0.2, -0.15) is 0 Å². The molecule has 2 amide bonds. The van der Waals surface area contributed by atoms with E-state index in [0.717, 1.165) is 0 Å². The van der Waals surface area contributed by atoms with E-state index in [1.807, 2.05) is 13.8 Å². The number of aliphatic hydroxyl groups excluding tert-OH is 3. The summed E-state index contributed by atoms with van der Waals surface area (Å²) in [4.78, 5) is 28.0. The van der Waals surface area contributed by atoms with Crippen molar-refractivity contribution in [1.29, 1.82) is 0 Å². The number of carbonyl (C=O) groups excluding carboxylic acids is 2. The molecule has 0 saturated carbocycles. The van der Waals surface area contributed by atoms with Gasteiger partial charge in [-0.15, -0.1) is 0 Å². The van der Waals surface area contributed by atoms with Crippen molar-refractivity contribution in [3.8, 4) is 11.5 Å². The summed E-state index contributed by atoms with van der Waals surface area (Å²) in [5.74, 6) is -0.715. The number of hydrogen-bond donors (Lipinski definition) is 4. The first-order valence-electron chi connectivity index (χ1n) is 13.0. The van der Waals surface area contributed by atoms with Crippen molar-refractivity contribution in [2.45, 2.75) is 64.1 Å². The van der Waals surface area contributed by atoms with Gasteiger partial charge in [-0.25, -0.2) is 0 Å². The smallest absolute Gasteiger partial charge is 0.249 e. The molecule has 1 aliphatic heterocycles. The molecular weight excluding hydrogens is 496 g/mol. The normalized spacial score (nSPS) is 21.8. The summed E-state index contributed by atoms with van der Waals surface area (Å²) in [7, 11) is 1.47. The maximum absolute atomic E-state index is 13.3. The van der Waals surface area contributed by atoms with Crippen molar-refractivity contribution in [3.05, 3.63) is 34.9 Å². The van der Waals surface area contributed by atoms with Crippen LogP contribution in [0.3, 0.4) is 0 Å². The predicted octanol–water partition coefficient (Wildman–Crippen LogP) is 0.490. The zero-order valence-corrected chi connectivity index (χ0v) is 22.5. The molecule has 11 heteroatoms. The van der Waals surface area contributed by atoms with E-state index >= 15 is 0 Å². The van der Waals surface area contributed by atoms with Crippen LogP contribution in [-0.2, 0) is 25.7 Å². The van der Waals surface area contributed by atoms with Gasteiger partial charge in [-0.1, -0.05) is 0 Å². The Hall–Kier alpha value is -2.70. The Morgan fingerprint density at radius 3 is 2.63 bits per heavy atom. The third-order valence-electron chi connectivity index (χ3n) is 6.60. The summed E-state index contributed by atoms with van der Waals surface area (Å²) in [6.07, 6.45) is 0.0757. The largest absolute Gasteiger partial charge is 0.493 e. The second kappa shape index (κ2) is 13.9. The number of fused-ring (bicyclic) bond motifs is 3. The molecule has 0 unspecified atom stereocenters. The fraction of sp³-hybridized carbons (Fsp3) is 0.630. The lowest BCUT2D eigenvalue weighted by atomic mass is 9.77. The monoisotopic (exact) mass is 536 g/mol. The number of aliphatic hydroxyl groups is 3. The molecule has 0 spiro atoms. The molecule has 2 aliphatic rings. The number of carbonyl (C=O) groups is 2. The third kappa shape index (κ3) is 6.65. The fourth-order valence-corrected chi connectivity index (χ4v) is 4.89. The predicted molar refractivity (Wildman–Crippen MR) is 138 cm³/mol. The van der Waals surface area contributed by atoms with E-state index in [4.69, 9.17) is 18.9 Å². The number of benzene rings is 1. The molecule has 0 saturated heterocycles. The van der Waals surface area contributed by atoms with E-state index in [1.165, 1.54) is 12.0 Å². The number of methoxy groups -OCH3 is 1. The molecule has 0 fully saturated rings. The summed E-state index contributed by atoms with van der Waals surface area (Å²) in [5.41, 5.74) is 1.45. The van der Waals surface area contributed by atoms with Crippen LogP contribution >= 0.6 is 0 Å². The SMILES string of the molecule is CCOCC(=O)N(CCCOC(C)C)[C@@H]1C=C(C(=O)NCCO)[C@@H]2c3cc(CO)cc(OC)c3O[C@@H]2[C@H]1O. The molecule has 38 heavy (non-hydrogen) atoms. The molecule has 4 atom stereocenters. The Balaban J connectivity index is 2.03. The molecule has 11 nitrogen and oxygen atoms in total. The van der Waals surface area contributed by atoms with Crippen LogP contribution in [0.15, 0.2) is 23.8 Å². The lowest BCUT2D eigenvalue weighted by Gasteiger charge is -2.40. The number of ether oxygens (including phenoxy) is 4.